The van der Waals surface area contributed by atoms with E-state index >= 15 is 0 Å². The average molecular weight is 677 g/mol. The first-order valence-corrected chi connectivity index (χ1v) is 15.3. The molecule has 1 fully saturated rings. The van der Waals surface area contributed by atoms with Crippen LogP contribution in [0.5, 0.6) is 5.75 Å². The van der Waals surface area contributed by atoms with Crippen molar-refractivity contribution < 1.29 is 42.1 Å². The highest BCUT2D eigenvalue weighted by atomic mass is 35.5. The van der Waals surface area contributed by atoms with Crippen LogP contribution in [-0.2, 0) is 19.0 Å². The van der Waals surface area contributed by atoms with E-state index in [1.54, 1.807) is 30.1 Å². The number of fused-ring (bicyclic) bond motifs is 4. The molecule has 2 aromatic carbocycles. The number of nitrogens with one attached hydrogen (secondary N) is 4. The fraction of sp³-hybridized carbons (Fsp3) is 0.419. The van der Waals surface area contributed by atoms with Gasteiger partial charge in [-0.2, -0.15) is 8.78 Å². The Morgan fingerprint density at radius 3 is 2.60 bits per heavy atom. The summed E-state index contributed by atoms with van der Waals surface area (Å²) in [6, 6.07) is 8.05. The summed E-state index contributed by atoms with van der Waals surface area (Å²) in [5, 5.41) is 9.29. The number of hydrogen-bond donors (Lipinski definition) is 4. The van der Waals surface area contributed by atoms with Crippen LogP contribution < -0.4 is 20.7 Å². The van der Waals surface area contributed by atoms with Crippen LogP contribution in [0, 0.1) is 0 Å². The summed E-state index contributed by atoms with van der Waals surface area (Å²) in [6.45, 7) is -2.84. The van der Waals surface area contributed by atoms with Crippen molar-refractivity contribution in [3.8, 4) is 17.0 Å². The van der Waals surface area contributed by atoms with Crippen molar-refractivity contribution in [3.63, 3.8) is 0 Å². The highest BCUT2D eigenvalue weighted by Crippen LogP contribution is 2.41. The van der Waals surface area contributed by atoms with Crippen molar-refractivity contribution in [2.24, 2.45) is 0 Å². The monoisotopic (exact) mass is 676 g/mol. The highest BCUT2D eigenvalue weighted by Gasteiger charge is 2.37. The van der Waals surface area contributed by atoms with Crippen molar-refractivity contribution in [2.45, 2.75) is 56.9 Å². The number of aromatic amines is 1. The summed E-state index contributed by atoms with van der Waals surface area (Å²) in [5.41, 5.74) is 2.39. The second-order valence-electron chi connectivity index (χ2n) is 10.9. The molecule has 1 saturated heterocycles. The molecule has 4 N–H and O–H groups in total. The zero-order valence-electron chi connectivity index (χ0n) is 25.9. The fourth-order valence-electron chi connectivity index (χ4n) is 5.83. The zero-order valence-corrected chi connectivity index (χ0v) is 26.7. The van der Waals surface area contributed by atoms with Gasteiger partial charge >= 0.3 is 24.8 Å². The number of nitrogens with zero attached hydrogens (tertiary/aromatic N) is 2. The third-order valence-corrected chi connectivity index (χ3v) is 8.29. The van der Waals surface area contributed by atoms with Crippen LogP contribution in [0.25, 0.3) is 11.3 Å². The summed E-state index contributed by atoms with van der Waals surface area (Å²) in [4.78, 5) is 48.1. The predicted octanol–water partition coefficient (Wildman–Crippen LogP) is 6.70. The molecule has 3 atom stereocenters. The first kappa shape index (κ1) is 33.6. The maximum atomic E-state index is 13.6. The van der Waals surface area contributed by atoms with E-state index in [1.807, 2.05) is 0 Å². The minimum Gasteiger partial charge on any atom is -0.467 e. The highest BCUT2D eigenvalue weighted by molar-refractivity contribution is 6.30. The number of amides is 2. The summed E-state index contributed by atoms with van der Waals surface area (Å²) < 4.78 is 46.5. The summed E-state index contributed by atoms with van der Waals surface area (Å²) >= 11 is 6.14. The van der Waals surface area contributed by atoms with E-state index in [0.29, 0.717) is 60.0 Å². The molecule has 5 rings (SSSR count). The third kappa shape index (κ3) is 7.62. The van der Waals surface area contributed by atoms with Crippen molar-refractivity contribution in [2.75, 3.05) is 43.8 Å². The van der Waals surface area contributed by atoms with E-state index in [9.17, 15) is 23.2 Å². The van der Waals surface area contributed by atoms with Gasteiger partial charge in [-0.1, -0.05) is 24.4 Å². The average Bonchev–Trinajstić information content (AvgIpc) is 3.48. The van der Waals surface area contributed by atoms with Crippen LogP contribution in [0.2, 0.25) is 5.02 Å². The van der Waals surface area contributed by atoms with Gasteiger partial charge in [0.25, 0.3) is 0 Å². The van der Waals surface area contributed by atoms with Gasteiger partial charge in [0.2, 0.25) is 0 Å². The quantitative estimate of drug-likeness (QED) is 0.157. The molecule has 252 valence electrons. The number of cyclic esters (lactones) is 1. The molecule has 0 aliphatic carbocycles. The lowest BCUT2D eigenvalue weighted by Crippen LogP contribution is -2.42. The minimum atomic E-state index is -3.06. The molecular weight excluding hydrogens is 642 g/mol. The molecule has 2 amide bonds. The molecule has 13 nitrogen and oxygen atoms in total. The fourth-order valence-corrected chi connectivity index (χ4v) is 6.01. The molecule has 16 heteroatoms. The van der Waals surface area contributed by atoms with E-state index < -0.39 is 43.0 Å². The van der Waals surface area contributed by atoms with Crippen molar-refractivity contribution >= 4 is 46.9 Å². The van der Waals surface area contributed by atoms with Crippen LogP contribution in [0.3, 0.4) is 0 Å². The largest absolute Gasteiger partial charge is 0.467 e. The number of benzene rings is 2. The number of halogens is 3. The lowest BCUT2D eigenvalue weighted by molar-refractivity contribution is -0.141. The Kier molecular flexibility index (Phi) is 10.5. The number of methoxy groups -OCH3 is 2. The maximum Gasteiger partial charge on any atom is 0.411 e. The number of carbonyl (C=O) groups excluding carboxylic acids is 3. The molecular formula is C31H35ClF2N6O7. The standard InChI is InChI=1S/C31H35ClF2N6O7/c1-35-27-25-18-10-9-17(36-30(42)45-3)15-21(18)37-20(28(41)44-2)6-4-5-7-22(26(38-25)39-27)40-13-12-24(47-31(40)43)19-14-16(32)8-11-23(19)46-29(33)34/h8-11,14-15,20,22,24,29,35,37H,4-7,12-13H2,1-3H3,(H,36,42)(H,38,39). The van der Waals surface area contributed by atoms with E-state index in [-0.39, 0.29) is 29.3 Å². The topological polar surface area (TPSA) is 156 Å². The van der Waals surface area contributed by atoms with E-state index in [2.05, 4.69) is 25.7 Å². The van der Waals surface area contributed by atoms with Gasteiger partial charge in [0, 0.05) is 47.5 Å². The number of carbonyl (C=O) groups is 3. The van der Waals surface area contributed by atoms with Crippen LogP contribution in [0.1, 0.15) is 55.6 Å². The summed E-state index contributed by atoms with van der Waals surface area (Å²) in [7, 11) is 4.27. The number of rotatable bonds is 7. The summed E-state index contributed by atoms with van der Waals surface area (Å²) in [5.74, 6) is 0.397. The number of imidazole rings is 1. The molecule has 3 unspecified atom stereocenters. The van der Waals surface area contributed by atoms with Crippen LogP contribution in [0.15, 0.2) is 36.4 Å². The number of anilines is 3. The van der Waals surface area contributed by atoms with E-state index in [4.69, 9.17) is 30.8 Å². The Morgan fingerprint density at radius 2 is 1.89 bits per heavy atom. The summed E-state index contributed by atoms with van der Waals surface area (Å²) in [6.07, 6.45) is 0.205. The lowest BCUT2D eigenvalue weighted by Gasteiger charge is -2.37. The second-order valence-corrected chi connectivity index (χ2v) is 11.3. The first-order valence-electron chi connectivity index (χ1n) is 14.9. The molecule has 0 spiro atoms. The molecule has 0 radical (unpaired) electrons. The van der Waals surface area contributed by atoms with Crippen LogP contribution in [-0.4, -0.2) is 73.5 Å². The lowest BCUT2D eigenvalue weighted by atomic mass is 10.00. The molecule has 1 aromatic heterocycles. The normalized spacial score (nSPS) is 19.7. The molecule has 3 aromatic rings. The Bertz CT molecular complexity index is 1620. The van der Waals surface area contributed by atoms with Crippen LogP contribution in [0.4, 0.5) is 35.6 Å². The Hall–Kier alpha value is -4.79. The van der Waals surface area contributed by atoms with Gasteiger partial charge < -0.3 is 34.6 Å². The molecule has 3 heterocycles. The van der Waals surface area contributed by atoms with E-state index in [0.717, 1.165) is 0 Å². The van der Waals surface area contributed by atoms with E-state index in [1.165, 1.54) is 32.4 Å². The molecule has 47 heavy (non-hydrogen) atoms. The van der Waals surface area contributed by atoms with Crippen molar-refractivity contribution in [1.82, 2.24) is 14.9 Å². The number of hydrogen-bond acceptors (Lipinski definition) is 10. The van der Waals surface area contributed by atoms with Gasteiger partial charge in [-0.3, -0.25) is 10.2 Å². The number of alkyl halides is 2. The Labute approximate surface area is 274 Å². The van der Waals surface area contributed by atoms with Crippen molar-refractivity contribution in [1.29, 1.82) is 0 Å². The second kappa shape index (κ2) is 14.8. The SMILES string of the molecule is CNc1nc2[nH]c1-c1ccc(NC(=O)OC)cc1NC(C(=O)OC)CCCCC2N1CCC(c2cc(Cl)ccc2OC(F)F)OC1=O. The molecule has 2 aliphatic heterocycles. The predicted molar refractivity (Wildman–Crippen MR) is 169 cm³/mol. The number of esters is 1. The van der Waals surface area contributed by atoms with Crippen LogP contribution >= 0.6 is 11.6 Å². The van der Waals surface area contributed by atoms with Crippen molar-refractivity contribution in [3.05, 3.63) is 52.8 Å². The minimum absolute atomic E-state index is 0.117. The van der Waals surface area contributed by atoms with Gasteiger partial charge in [-0.15, -0.1) is 0 Å². The molecule has 0 saturated carbocycles. The van der Waals surface area contributed by atoms with Gasteiger partial charge in [-0.25, -0.2) is 19.4 Å². The maximum absolute atomic E-state index is 13.6. The molecule has 2 aliphatic rings. The Morgan fingerprint density at radius 1 is 1.11 bits per heavy atom. The van der Waals surface area contributed by atoms with Gasteiger partial charge in [0.05, 0.1) is 26.0 Å². The van der Waals surface area contributed by atoms with Gasteiger partial charge in [0.15, 0.2) is 5.82 Å². The zero-order chi connectivity index (χ0) is 33.7. The Balaban J connectivity index is 1.49. The van der Waals surface area contributed by atoms with Gasteiger partial charge in [0.1, 0.15) is 23.7 Å². The molecule has 2 bridgehead atoms. The number of ether oxygens (including phenoxy) is 4. The third-order valence-electron chi connectivity index (χ3n) is 8.05. The number of aromatic nitrogens is 2. The smallest absolute Gasteiger partial charge is 0.411 e. The number of H-pyrrole nitrogens is 1. The first-order chi connectivity index (χ1) is 22.6. The van der Waals surface area contributed by atoms with Gasteiger partial charge in [-0.05, 0) is 49.2 Å².